The number of urea groups is 1. The SMILES string of the molecule is NCc1cccc(-c2c[nH]c(C=C3C(=O)Nc4ccc(NC(N)=O)cc43)c2)c1. The molecule has 1 aromatic heterocycles. The van der Waals surface area contributed by atoms with Gasteiger partial charge in [-0.15, -0.1) is 0 Å². The molecule has 7 nitrogen and oxygen atoms in total. The van der Waals surface area contributed by atoms with Crippen LogP contribution in [0, 0.1) is 0 Å². The molecule has 1 aliphatic rings. The average molecular weight is 373 g/mol. The van der Waals surface area contributed by atoms with Crippen LogP contribution < -0.4 is 22.1 Å². The third-order valence-electron chi connectivity index (χ3n) is 4.57. The molecular weight excluding hydrogens is 354 g/mol. The minimum atomic E-state index is -0.656. The van der Waals surface area contributed by atoms with Crippen LogP contribution in [-0.2, 0) is 11.3 Å². The van der Waals surface area contributed by atoms with Gasteiger partial charge in [0, 0.05) is 35.4 Å². The van der Waals surface area contributed by atoms with E-state index < -0.39 is 6.03 Å². The first-order chi connectivity index (χ1) is 13.5. The van der Waals surface area contributed by atoms with Gasteiger partial charge in [0.2, 0.25) is 0 Å². The van der Waals surface area contributed by atoms with E-state index in [1.807, 2.05) is 36.5 Å². The molecule has 0 unspecified atom stereocenters. The smallest absolute Gasteiger partial charge is 0.316 e. The number of benzene rings is 2. The van der Waals surface area contributed by atoms with E-state index in [1.165, 1.54) is 0 Å². The lowest BCUT2D eigenvalue weighted by atomic mass is 10.0. The number of carbonyl (C=O) groups excluding carboxylic acids is 2. The summed E-state index contributed by atoms with van der Waals surface area (Å²) in [4.78, 5) is 26.7. The number of fused-ring (bicyclic) bond motifs is 1. The second kappa shape index (κ2) is 7.05. The fourth-order valence-corrected chi connectivity index (χ4v) is 3.25. The van der Waals surface area contributed by atoms with E-state index >= 15 is 0 Å². The van der Waals surface area contributed by atoms with Gasteiger partial charge in [-0.1, -0.05) is 18.2 Å². The summed E-state index contributed by atoms with van der Waals surface area (Å²) in [6, 6.07) is 14.5. The number of nitrogens with one attached hydrogen (secondary N) is 3. The number of primary amides is 1. The summed E-state index contributed by atoms with van der Waals surface area (Å²) in [7, 11) is 0. The maximum absolute atomic E-state index is 12.4. The zero-order chi connectivity index (χ0) is 19.7. The zero-order valence-corrected chi connectivity index (χ0v) is 15.0. The molecular formula is C21H19N5O2. The highest BCUT2D eigenvalue weighted by Crippen LogP contribution is 2.35. The van der Waals surface area contributed by atoms with E-state index in [-0.39, 0.29) is 5.91 Å². The Morgan fingerprint density at radius 3 is 2.75 bits per heavy atom. The number of amides is 3. The molecule has 28 heavy (non-hydrogen) atoms. The van der Waals surface area contributed by atoms with E-state index in [2.05, 4.69) is 15.6 Å². The normalized spacial score (nSPS) is 14.0. The van der Waals surface area contributed by atoms with Crippen molar-refractivity contribution in [2.24, 2.45) is 11.5 Å². The maximum Gasteiger partial charge on any atom is 0.316 e. The first-order valence-corrected chi connectivity index (χ1v) is 8.75. The predicted molar refractivity (Wildman–Crippen MR) is 110 cm³/mol. The highest BCUT2D eigenvalue weighted by molar-refractivity contribution is 6.35. The maximum atomic E-state index is 12.4. The van der Waals surface area contributed by atoms with E-state index in [9.17, 15) is 9.59 Å². The molecule has 0 atom stereocenters. The van der Waals surface area contributed by atoms with Crippen LogP contribution >= 0.6 is 0 Å². The monoisotopic (exact) mass is 373 g/mol. The molecule has 7 heteroatoms. The molecule has 1 aliphatic heterocycles. The Bertz CT molecular complexity index is 1110. The van der Waals surface area contributed by atoms with Crippen LogP contribution in [0.2, 0.25) is 0 Å². The summed E-state index contributed by atoms with van der Waals surface area (Å²) in [6.45, 7) is 0.480. The number of hydrogen-bond donors (Lipinski definition) is 5. The van der Waals surface area contributed by atoms with Crippen LogP contribution in [0.1, 0.15) is 16.8 Å². The Morgan fingerprint density at radius 2 is 1.96 bits per heavy atom. The van der Waals surface area contributed by atoms with Crippen molar-refractivity contribution < 1.29 is 9.59 Å². The Labute approximate surface area is 161 Å². The van der Waals surface area contributed by atoms with Crippen LogP contribution in [0.25, 0.3) is 22.8 Å². The molecule has 2 heterocycles. The van der Waals surface area contributed by atoms with Gasteiger partial charge in [-0.05, 0) is 53.1 Å². The molecule has 0 fully saturated rings. The molecule has 4 rings (SSSR count). The topological polar surface area (TPSA) is 126 Å². The minimum absolute atomic E-state index is 0.201. The minimum Gasteiger partial charge on any atom is -0.361 e. The first-order valence-electron chi connectivity index (χ1n) is 8.75. The van der Waals surface area contributed by atoms with E-state index in [0.29, 0.717) is 29.1 Å². The Hall–Kier alpha value is -3.84. The van der Waals surface area contributed by atoms with Crippen LogP contribution in [0.15, 0.2) is 54.7 Å². The molecule has 3 amide bonds. The van der Waals surface area contributed by atoms with Gasteiger partial charge in [-0.2, -0.15) is 0 Å². The fraction of sp³-hybridized carbons (Fsp3) is 0.0476. The van der Waals surface area contributed by atoms with Crippen molar-refractivity contribution in [3.8, 4) is 11.1 Å². The van der Waals surface area contributed by atoms with Gasteiger partial charge in [-0.3, -0.25) is 4.79 Å². The van der Waals surface area contributed by atoms with Gasteiger partial charge in [-0.25, -0.2) is 4.79 Å². The molecule has 3 aromatic rings. The molecule has 140 valence electrons. The van der Waals surface area contributed by atoms with Crippen molar-refractivity contribution >= 4 is 35.0 Å². The van der Waals surface area contributed by atoms with Crippen molar-refractivity contribution in [2.45, 2.75) is 6.54 Å². The van der Waals surface area contributed by atoms with Crippen LogP contribution in [0.3, 0.4) is 0 Å². The van der Waals surface area contributed by atoms with Gasteiger partial charge < -0.3 is 27.1 Å². The van der Waals surface area contributed by atoms with Crippen molar-refractivity contribution in [1.29, 1.82) is 0 Å². The van der Waals surface area contributed by atoms with Gasteiger partial charge in [0.15, 0.2) is 0 Å². The number of aromatic nitrogens is 1. The standard InChI is InChI=1S/C21H19N5O2/c22-10-12-2-1-3-13(6-12)14-7-16(24-11-14)9-18-17-8-15(25-21(23)28)4-5-19(17)26-20(18)27/h1-9,11,24H,10,22H2,(H,26,27)(H3,23,25,28). The predicted octanol–water partition coefficient (Wildman–Crippen LogP) is 3.12. The van der Waals surface area contributed by atoms with Crippen molar-refractivity contribution in [1.82, 2.24) is 4.98 Å². The highest BCUT2D eigenvalue weighted by atomic mass is 16.2. The Morgan fingerprint density at radius 1 is 1.11 bits per heavy atom. The van der Waals surface area contributed by atoms with Gasteiger partial charge in [0.1, 0.15) is 0 Å². The molecule has 0 saturated carbocycles. The zero-order valence-electron chi connectivity index (χ0n) is 15.0. The molecule has 0 spiro atoms. The molecule has 0 bridgehead atoms. The Balaban J connectivity index is 1.68. The molecule has 0 radical (unpaired) electrons. The third-order valence-corrected chi connectivity index (χ3v) is 4.57. The molecule has 0 aliphatic carbocycles. The van der Waals surface area contributed by atoms with Crippen LogP contribution in [0.5, 0.6) is 0 Å². The van der Waals surface area contributed by atoms with Crippen LogP contribution in [0.4, 0.5) is 16.2 Å². The number of H-pyrrole nitrogens is 1. The van der Waals surface area contributed by atoms with Gasteiger partial charge >= 0.3 is 6.03 Å². The second-order valence-corrected chi connectivity index (χ2v) is 6.51. The summed E-state index contributed by atoms with van der Waals surface area (Å²) >= 11 is 0. The van der Waals surface area contributed by atoms with Crippen molar-refractivity contribution in [3.63, 3.8) is 0 Å². The Kier molecular flexibility index (Phi) is 4.42. The summed E-state index contributed by atoms with van der Waals surface area (Å²) in [6.07, 6.45) is 3.67. The summed E-state index contributed by atoms with van der Waals surface area (Å²) in [5.74, 6) is -0.201. The largest absolute Gasteiger partial charge is 0.361 e. The number of nitrogens with two attached hydrogens (primary N) is 2. The van der Waals surface area contributed by atoms with Crippen molar-refractivity contribution in [2.75, 3.05) is 10.6 Å². The second-order valence-electron chi connectivity index (χ2n) is 6.51. The van der Waals surface area contributed by atoms with E-state index in [1.54, 1.807) is 24.3 Å². The van der Waals surface area contributed by atoms with Crippen LogP contribution in [-0.4, -0.2) is 16.9 Å². The molecule has 7 N–H and O–H groups in total. The lowest BCUT2D eigenvalue weighted by Gasteiger charge is -2.04. The first kappa shape index (κ1) is 17.6. The quantitative estimate of drug-likeness (QED) is 0.451. The summed E-state index contributed by atoms with van der Waals surface area (Å²) in [5.41, 5.74) is 17.2. The fourth-order valence-electron chi connectivity index (χ4n) is 3.25. The third kappa shape index (κ3) is 3.38. The number of aromatic amines is 1. The highest BCUT2D eigenvalue weighted by Gasteiger charge is 2.24. The summed E-state index contributed by atoms with van der Waals surface area (Å²) < 4.78 is 0. The number of hydrogen-bond acceptors (Lipinski definition) is 3. The van der Waals surface area contributed by atoms with E-state index in [0.717, 1.165) is 22.4 Å². The summed E-state index contributed by atoms with van der Waals surface area (Å²) in [5, 5.41) is 5.35. The lowest BCUT2D eigenvalue weighted by molar-refractivity contribution is -0.110. The molecule has 0 saturated heterocycles. The number of anilines is 2. The van der Waals surface area contributed by atoms with Gasteiger partial charge in [0.05, 0.1) is 5.57 Å². The average Bonchev–Trinajstić information content (AvgIpc) is 3.27. The molecule has 2 aromatic carbocycles. The lowest BCUT2D eigenvalue weighted by Crippen LogP contribution is -2.19. The van der Waals surface area contributed by atoms with Crippen molar-refractivity contribution in [3.05, 3.63) is 71.5 Å². The number of carbonyl (C=O) groups is 2. The number of rotatable bonds is 4. The van der Waals surface area contributed by atoms with Gasteiger partial charge in [0.25, 0.3) is 5.91 Å². The van der Waals surface area contributed by atoms with E-state index in [4.69, 9.17) is 11.5 Å².